The Morgan fingerprint density at radius 3 is 2.45 bits per heavy atom. The average molecular weight is 319 g/mol. The number of hydrogen-bond donors (Lipinski definition) is 1. The molecule has 0 atom stereocenters. The van der Waals surface area contributed by atoms with Crippen molar-refractivity contribution in [1.82, 2.24) is 9.88 Å². The third-order valence-electron chi connectivity index (χ3n) is 5.57. The molecule has 3 heteroatoms. The van der Waals surface area contributed by atoms with Gasteiger partial charge in [-0.25, -0.2) is 10.0 Å². The third kappa shape index (κ3) is 2.59. The summed E-state index contributed by atoms with van der Waals surface area (Å²) in [6, 6.07) is 7.17. The molecule has 1 aromatic heterocycles. The lowest BCUT2D eigenvalue weighted by molar-refractivity contribution is 0.352. The van der Waals surface area contributed by atoms with Gasteiger partial charge in [-0.2, -0.15) is 0 Å². The van der Waals surface area contributed by atoms with Crippen molar-refractivity contribution in [2.45, 2.75) is 43.3 Å². The van der Waals surface area contributed by atoms with E-state index in [1.807, 2.05) is 0 Å². The van der Waals surface area contributed by atoms with Gasteiger partial charge in [0.05, 0.1) is 0 Å². The van der Waals surface area contributed by atoms with Crippen molar-refractivity contribution in [2.75, 3.05) is 32.6 Å². The van der Waals surface area contributed by atoms with Crippen molar-refractivity contribution in [3.05, 3.63) is 29.5 Å². The summed E-state index contributed by atoms with van der Waals surface area (Å²) >= 11 is 0. The minimum absolute atomic E-state index is 0.326. The highest BCUT2D eigenvalue weighted by atomic mass is 32.3. The molecule has 0 aliphatic carbocycles. The highest BCUT2D eigenvalue weighted by Gasteiger charge is 2.30. The lowest BCUT2D eigenvalue weighted by atomic mass is 10.1. The number of rotatable bonds is 1. The van der Waals surface area contributed by atoms with E-state index in [9.17, 15) is 0 Å². The minimum atomic E-state index is -0.814. The highest BCUT2D eigenvalue weighted by molar-refractivity contribution is 8.33. The molecule has 2 aromatic rings. The van der Waals surface area contributed by atoms with Crippen molar-refractivity contribution in [3.63, 3.8) is 0 Å². The summed E-state index contributed by atoms with van der Waals surface area (Å²) in [5, 5.41) is 1.44. The molecule has 0 amide bonds. The maximum Gasteiger partial charge on any atom is 0.0469 e. The zero-order chi connectivity index (χ0) is 16.1. The van der Waals surface area contributed by atoms with Gasteiger partial charge in [0.1, 0.15) is 0 Å². The number of likely N-dealkylation sites (N-methyl/N-ethyl adjacent to an activating group) is 1. The van der Waals surface area contributed by atoms with Crippen LogP contribution in [0.15, 0.2) is 23.1 Å². The summed E-state index contributed by atoms with van der Waals surface area (Å²) in [7, 11) is 1.41. The standard InChI is InChI=1S/C19H30N2S/c1-19(2,3)22(5,6)14-7-8-15-16-9-11-21(4)12-10-17(16)20-18(15)13-14/h7-8,13,20H,9-12H2,1-6H3. The quantitative estimate of drug-likeness (QED) is 0.824. The molecule has 0 unspecified atom stereocenters. The van der Waals surface area contributed by atoms with Crippen LogP contribution in [0.1, 0.15) is 32.0 Å². The van der Waals surface area contributed by atoms with Crippen molar-refractivity contribution in [1.29, 1.82) is 0 Å². The summed E-state index contributed by atoms with van der Waals surface area (Å²) < 4.78 is 0.326. The average Bonchev–Trinajstić information content (AvgIpc) is 2.68. The van der Waals surface area contributed by atoms with Gasteiger partial charge in [-0.3, -0.25) is 0 Å². The molecule has 1 aromatic carbocycles. The molecule has 0 saturated heterocycles. The Hall–Kier alpha value is -0.930. The highest BCUT2D eigenvalue weighted by Crippen LogP contribution is 2.59. The molecule has 1 N–H and O–H groups in total. The molecule has 22 heavy (non-hydrogen) atoms. The van der Waals surface area contributed by atoms with Crippen LogP contribution in [0.25, 0.3) is 10.9 Å². The Morgan fingerprint density at radius 2 is 1.77 bits per heavy atom. The van der Waals surface area contributed by atoms with Crippen molar-refractivity contribution < 1.29 is 0 Å². The van der Waals surface area contributed by atoms with E-state index >= 15 is 0 Å². The summed E-state index contributed by atoms with van der Waals surface area (Å²) in [5.74, 6) is 0. The largest absolute Gasteiger partial charge is 0.358 e. The first-order valence-corrected chi connectivity index (χ1v) is 10.7. The number of nitrogens with zero attached hydrogens (tertiary/aromatic N) is 1. The van der Waals surface area contributed by atoms with Gasteiger partial charge in [-0.15, -0.1) is 0 Å². The summed E-state index contributed by atoms with van der Waals surface area (Å²) in [5.41, 5.74) is 4.35. The fraction of sp³-hybridized carbons (Fsp3) is 0.579. The second-order valence-corrected chi connectivity index (χ2v) is 12.4. The molecular formula is C19H30N2S. The van der Waals surface area contributed by atoms with E-state index in [4.69, 9.17) is 0 Å². The Morgan fingerprint density at radius 1 is 1.09 bits per heavy atom. The van der Waals surface area contributed by atoms with E-state index in [1.165, 1.54) is 34.5 Å². The van der Waals surface area contributed by atoms with Gasteiger partial charge in [0.2, 0.25) is 0 Å². The first-order valence-electron chi connectivity index (χ1n) is 8.25. The number of aromatic nitrogens is 1. The van der Waals surface area contributed by atoms with Crippen LogP contribution >= 0.6 is 10.0 Å². The van der Waals surface area contributed by atoms with Crippen LogP contribution in [-0.2, 0) is 12.8 Å². The van der Waals surface area contributed by atoms with Crippen molar-refractivity contribution in [2.24, 2.45) is 0 Å². The van der Waals surface area contributed by atoms with Crippen LogP contribution in [0.3, 0.4) is 0 Å². The van der Waals surface area contributed by atoms with Crippen LogP contribution in [0.4, 0.5) is 0 Å². The molecule has 0 spiro atoms. The molecule has 1 aliphatic heterocycles. The Balaban J connectivity index is 2.06. The number of fused-ring (bicyclic) bond motifs is 3. The number of H-pyrrole nitrogens is 1. The van der Waals surface area contributed by atoms with E-state index < -0.39 is 10.0 Å². The van der Waals surface area contributed by atoms with Crippen LogP contribution in [0.2, 0.25) is 0 Å². The van der Waals surface area contributed by atoms with E-state index in [0.717, 1.165) is 13.0 Å². The normalized spacial score (nSPS) is 18.3. The van der Waals surface area contributed by atoms with Gasteiger partial charge in [-0.1, -0.05) is 26.8 Å². The second kappa shape index (κ2) is 5.31. The van der Waals surface area contributed by atoms with Gasteiger partial charge >= 0.3 is 0 Å². The van der Waals surface area contributed by atoms with Crippen molar-refractivity contribution >= 4 is 20.9 Å². The Kier molecular flexibility index (Phi) is 3.85. The van der Waals surface area contributed by atoms with Gasteiger partial charge in [0.15, 0.2) is 0 Å². The number of benzene rings is 1. The molecule has 0 fully saturated rings. The smallest absolute Gasteiger partial charge is 0.0469 e. The zero-order valence-corrected chi connectivity index (χ0v) is 15.7. The van der Waals surface area contributed by atoms with Crippen LogP contribution < -0.4 is 0 Å². The SMILES string of the molecule is CN1CCc2[nH]c3cc(S(C)(C)C(C)(C)C)ccc3c2CC1. The molecule has 0 radical (unpaired) electrons. The lowest BCUT2D eigenvalue weighted by Crippen LogP contribution is -2.23. The molecule has 0 bridgehead atoms. The van der Waals surface area contributed by atoms with Crippen LogP contribution in [-0.4, -0.2) is 47.3 Å². The lowest BCUT2D eigenvalue weighted by Gasteiger charge is -2.45. The number of aromatic amines is 1. The summed E-state index contributed by atoms with van der Waals surface area (Å²) in [6.45, 7) is 9.43. The van der Waals surface area contributed by atoms with E-state index in [-0.39, 0.29) is 0 Å². The number of nitrogens with one attached hydrogen (secondary N) is 1. The molecule has 2 nitrogen and oxygen atoms in total. The summed E-state index contributed by atoms with van der Waals surface area (Å²) in [4.78, 5) is 7.67. The number of hydrogen-bond acceptors (Lipinski definition) is 1. The molecule has 0 saturated carbocycles. The molecule has 2 heterocycles. The predicted molar refractivity (Wildman–Crippen MR) is 101 cm³/mol. The Labute approximate surface area is 136 Å². The van der Waals surface area contributed by atoms with Crippen LogP contribution in [0, 0.1) is 0 Å². The second-order valence-electron chi connectivity index (χ2n) is 8.03. The molecule has 122 valence electrons. The van der Waals surface area contributed by atoms with E-state index in [1.54, 1.807) is 5.56 Å². The van der Waals surface area contributed by atoms with Gasteiger partial charge < -0.3 is 9.88 Å². The first-order chi connectivity index (χ1) is 10.2. The monoisotopic (exact) mass is 318 g/mol. The third-order valence-corrected chi connectivity index (χ3v) is 10.1. The molecule has 1 aliphatic rings. The van der Waals surface area contributed by atoms with Crippen LogP contribution in [0.5, 0.6) is 0 Å². The maximum absolute atomic E-state index is 3.73. The topological polar surface area (TPSA) is 19.0 Å². The van der Waals surface area contributed by atoms with E-state index in [2.05, 4.69) is 68.4 Å². The van der Waals surface area contributed by atoms with E-state index in [0.29, 0.717) is 4.75 Å². The fourth-order valence-electron chi connectivity index (χ4n) is 3.18. The van der Waals surface area contributed by atoms with Gasteiger partial charge in [0, 0.05) is 36.1 Å². The van der Waals surface area contributed by atoms with Crippen molar-refractivity contribution in [3.8, 4) is 0 Å². The van der Waals surface area contributed by atoms with Gasteiger partial charge in [0.25, 0.3) is 0 Å². The predicted octanol–water partition coefficient (Wildman–Crippen LogP) is 4.42. The maximum atomic E-state index is 3.73. The fourth-order valence-corrected chi connectivity index (χ4v) is 4.71. The molecule has 3 rings (SSSR count). The Bertz CT molecular complexity index is 691. The first kappa shape index (κ1) is 15.9. The summed E-state index contributed by atoms with van der Waals surface area (Å²) in [6.07, 6.45) is 7.19. The zero-order valence-electron chi connectivity index (χ0n) is 14.9. The van der Waals surface area contributed by atoms with Gasteiger partial charge in [-0.05, 0) is 53.3 Å². The molecular weight excluding hydrogens is 288 g/mol. The minimum Gasteiger partial charge on any atom is -0.358 e.